The Labute approximate surface area is 214 Å². The molecule has 0 aliphatic heterocycles. The fourth-order valence-electron chi connectivity index (χ4n) is 1.82. The number of carbonyl (C=O) groups is 6. The van der Waals surface area contributed by atoms with Crippen LogP contribution in [0, 0.1) is 0 Å². The van der Waals surface area contributed by atoms with Gasteiger partial charge in [0, 0.05) is 44.0 Å². The zero-order valence-corrected chi connectivity index (χ0v) is 22.7. The second-order valence-electron chi connectivity index (χ2n) is 6.91. The molecule has 0 heterocycles. The molecule has 33 heavy (non-hydrogen) atoms. The van der Waals surface area contributed by atoms with Crippen molar-refractivity contribution in [3.63, 3.8) is 0 Å². The zero-order valence-electron chi connectivity index (χ0n) is 20.2. The van der Waals surface area contributed by atoms with E-state index in [4.69, 9.17) is 4.89 Å². The Bertz CT molecular complexity index is 560. The molecular weight excluding hydrogens is 515 g/mol. The van der Waals surface area contributed by atoms with Gasteiger partial charge in [0.15, 0.2) is 0 Å². The monoisotopic (exact) mass is 550 g/mol. The van der Waals surface area contributed by atoms with Crippen molar-refractivity contribution in [2.24, 2.45) is 0 Å². The van der Waals surface area contributed by atoms with E-state index < -0.39 is 30.7 Å². The van der Waals surface area contributed by atoms with Gasteiger partial charge < -0.3 is 19.8 Å². The Morgan fingerprint density at radius 1 is 0.667 bits per heavy atom. The molecule has 0 rings (SSSR count). The molecule has 0 aliphatic rings. The van der Waals surface area contributed by atoms with Gasteiger partial charge in [0.2, 0.25) is 0 Å². The van der Waals surface area contributed by atoms with Crippen LogP contribution < -0.4 is 10.2 Å². The number of rotatable bonds is 15. The molecule has 188 valence electrons. The third-order valence-corrected chi connectivity index (χ3v) is 3.49. The summed E-state index contributed by atoms with van der Waals surface area (Å²) in [6.45, 7) is 9.25. The summed E-state index contributed by atoms with van der Waals surface area (Å²) in [5, 5.41) is 19.5. The van der Waals surface area contributed by atoms with Crippen LogP contribution >= 0.6 is 0 Å². The molecule has 0 fully saturated rings. The molecule has 0 saturated carbocycles. The molecule has 0 radical (unpaired) electrons. The van der Waals surface area contributed by atoms with Crippen molar-refractivity contribution in [1.82, 2.24) is 0 Å². The smallest absolute Gasteiger partial charge is 0.550 e. The van der Waals surface area contributed by atoms with E-state index in [1.807, 2.05) is 27.7 Å². The quantitative estimate of drug-likeness (QED) is 0.163. The summed E-state index contributed by atoms with van der Waals surface area (Å²) in [6, 6.07) is 0. The minimum Gasteiger partial charge on any atom is -0.550 e. The molecule has 0 aromatic carbocycles. The largest absolute Gasteiger partial charge is 2.00 e. The van der Waals surface area contributed by atoms with Crippen molar-refractivity contribution in [3.8, 4) is 0 Å². The van der Waals surface area contributed by atoms with Gasteiger partial charge in [-0.05, 0) is 32.6 Å². The minimum absolute atomic E-state index is 0. The van der Waals surface area contributed by atoms with Crippen LogP contribution in [0.1, 0.15) is 98.8 Å². The number of ketones is 3. The summed E-state index contributed by atoms with van der Waals surface area (Å²) < 4.78 is 0. The van der Waals surface area contributed by atoms with Gasteiger partial charge in [0.25, 0.3) is 0 Å². The first-order chi connectivity index (χ1) is 14.9. The average Bonchev–Trinajstić information content (AvgIpc) is 2.66. The van der Waals surface area contributed by atoms with E-state index in [0.29, 0.717) is 32.1 Å². The van der Waals surface area contributed by atoms with Crippen LogP contribution in [0.2, 0.25) is 0 Å². The van der Waals surface area contributed by atoms with Crippen LogP contribution in [0.15, 0.2) is 0 Å². The normalized spacial score (nSPS) is 10.1. The van der Waals surface area contributed by atoms with Crippen LogP contribution in [0.25, 0.3) is 0 Å². The van der Waals surface area contributed by atoms with E-state index in [1.54, 1.807) is 6.92 Å². The molecule has 0 N–H and O–H groups in total. The van der Waals surface area contributed by atoms with Gasteiger partial charge in [-0.15, -0.1) is 0 Å². The molecule has 0 saturated heterocycles. The average molecular weight is 552 g/mol. The Morgan fingerprint density at radius 3 is 1.27 bits per heavy atom. The maximum Gasteiger partial charge on any atom is 2.00 e. The molecule has 10 nitrogen and oxygen atoms in total. The second kappa shape index (κ2) is 26.5. The summed E-state index contributed by atoms with van der Waals surface area (Å²) >= 11 is 0. The molecule has 0 aromatic rings. The van der Waals surface area contributed by atoms with Crippen molar-refractivity contribution >= 4 is 35.3 Å². The molecule has 0 aromatic heterocycles. The van der Waals surface area contributed by atoms with E-state index in [9.17, 15) is 39.0 Å². The summed E-state index contributed by atoms with van der Waals surface area (Å²) in [4.78, 5) is 71.5. The van der Waals surface area contributed by atoms with Crippen LogP contribution in [-0.2, 0) is 64.7 Å². The number of hydrogen-bond acceptors (Lipinski definition) is 10. The van der Waals surface area contributed by atoms with Gasteiger partial charge in [-0.25, -0.2) is 4.79 Å². The maximum absolute atomic E-state index is 11.0. The Balaban J connectivity index is -0.000000196. The van der Waals surface area contributed by atoms with Gasteiger partial charge in [-0.2, -0.15) is 4.89 Å². The molecular formula is C22H36O10Zr. The fraction of sp³-hybridized carbons (Fsp3) is 0.727. The van der Waals surface area contributed by atoms with Crippen LogP contribution in [0.4, 0.5) is 0 Å². The van der Waals surface area contributed by atoms with Crippen molar-refractivity contribution in [3.05, 3.63) is 0 Å². The Kier molecular flexibility index (Phi) is 31.0. The number of aliphatic carboxylic acids is 2. The maximum atomic E-state index is 11.0. The summed E-state index contributed by atoms with van der Waals surface area (Å²) in [5.41, 5.74) is 0. The van der Waals surface area contributed by atoms with Crippen molar-refractivity contribution in [1.29, 1.82) is 0 Å². The van der Waals surface area contributed by atoms with Crippen LogP contribution in [0.5, 0.6) is 0 Å². The molecule has 0 amide bonds. The van der Waals surface area contributed by atoms with E-state index in [1.165, 1.54) is 0 Å². The molecule has 0 bridgehead atoms. The van der Waals surface area contributed by atoms with E-state index in [0.717, 1.165) is 12.8 Å². The molecule has 1 atom stereocenters. The third-order valence-electron chi connectivity index (χ3n) is 3.49. The summed E-state index contributed by atoms with van der Waals surface area (Å²) in [5.74, 6) is -3.79. The third kappa shape index (κ3) is 35.0. The first kappa shape index (κ1) is 38.5. The van der Waals surface area contributed by atoms with Gasteiger partial charge in [0.1, 0.15) is 29.9 Å². The zero-order chi connectivity index (χ0) is 25.5. The molecule has 11 heteroatoms. The minimum atomic E-state index is -1.28. The molecule has 0 aliphatic carbocycles. The van der Waals surface area contributed by atoms with E-state index >= 15 is 0 Å². The predicted molar refractivity (Wildman–Crippen MR) is 111 cm³/mol. The van der Waals surface area contributed by atoms with Crippen molar-refractivity contribution in [2.45, 2.75) is 105 Å². The van der Waals surface area contributed by atoms with Gasteiger partial charge >= 0.3 is 32.2 Å². The summed E-state index contributed by atoms with van der Waals surface area (Å²) in [6.07, 6.45) is 2.82. The van der Waals surface area contributed by atoms with E-state index in [2.05, 4.69) is 4.89 Å². The molecule has 0 spiro atoms. The first-order valence-electron chi connectivity index (χ1n) is 10.7. The number of Topliss-reactive ketones (excluding diaryl/α,β-unsaturated/α-hetero) is 3. The van der Waals surface area contributed by atoms with Crippen LogP contribution in [0.3, 0.4) is 0 Å². The van der Waals surface area contributed by atoms with Crippen LogP contribution in [-0.4, -0.2) is 41.4 Å². The van der Waals surface area contributed by atoms with Crippen molar-refractivity contribution < 1.29 is 75.0 Å². The topological polar surface area (TPSA) is 167 Å². The number of hydrogen-bond donors (Lipinski definition) is 0. The number of carboxylic acid groups (broad SMARTS) is 2. The van der Waals surface area contributed by atoms with Gasteiger partial charge in [-0.3, -0.25) is 19.3 Å². The standard InChI is InChI=1S/C10H18O4.2C6H10O3.Zr/c1-4-6-9(11)7-10(12)14-13-8(3)5-2;2*1-2-3-5(7)4-6(8)9;/h8H,4-7H2,1-3H3;2*2-4H2,1H3,(H,8,9);/q;;;+2/p-2. The first-order valence-corrected chi connectivity index (χ1v) is 10.7. The molecule has 1 unspecified atom stereocenters. The van der Waals surface area contributed by atoms with E-state index in [-0.39, 0.29) is 56.1 Å². The Morgan fingerprint density at radius 2 is 1.00 bits per heavy atom. The Hall–Kier alpha value is -1.74. The van der Waals surface area contributed by atoms with Crippen molar-refractivity contribution in [2.75, 3.05) is 0 Å². The number of carboxylic acids is 2. The second-order valence-corrected chi connectivity index (χ2v) is 6.91. The SMILES string of the molecule is CCCC(=O)CC(=O)OOC(C)CC.CCCC(=O)CC(=O)[O-].CCCC(=O)CC(=O)[O-].[Zr+2]. The predicted octanol–water partition coefficient (Wildman–Crippen LogP) is 1.01. The van der Waals surface area contributed by atoms with Gasteiger partial charge in [-0.1, -0.05) is 27.7 Å². The van der Waals surface area contributed by atoms with Gasteiger partial charge in [0.05, 0.1) is 0 Å². The fourth-order valence-corrected chi connectivity index (χ4v) is 1.82. The summed E-state index contributed by atoms with van der Waals surface area (Å²) in [7, 11) is 0. The number of carbonyl (C=O) groups excluding carboxylic acids is 6.